The average molecular weight is 438 g/mol. The lowest BCUT2D eigenvalue weighted by Crippen LogP contribution is -2.39. The highest BCUT2D eigenvalue weighted by Crippen LogP contribution is 2.22. The molecule has 4 rings (SSSR count). The number of piperidine rings is 1. The summed E-state index contributed by atoms with van der Waals surface area (Å²) in [6.07, 6.45) is 3.13. The summed E-state index contributed by atoms with van der Waals surface area (Å²) in [4.78, 5) is 35.7. The number of hydrogen-bond acceptors (Lipinski definition) is 6. The third-order valence-electron chi connectivity index (χ3n) is 5.64. The molecule has 2 heterocycles. The minimum Gasteiger partial charge on any atom is -0.396 e. The van der Waals surface area contributed by atoms with Gasteiger partial charge in [-0.3, -0.25) is 9.59 Å². The number of anilines is 2. The van der Waals surface area contributed by atoms with Gasteiger partial charge in [-0.25, -0.2) is 9.97 Å². The van der Waals surface area contributed by atoms with Crippen LogP contribution < -0.4 is 11.1 Å². The first-order valence-electron chi connectivity index (χ1n) is 10.5. The first-order valence-corrected chi connectivity index (χ1v) is 10.5. The average Bonchev–Trinajstić information content (AvgIpc) is 2.84. The third kappa shape index (κ3) is 4.76. The molecule has 8 heteroatoms. The Labute approximate surface area is 190 Å². The number of carbonyl (C=O) groups excluding carboxylic acids is 2. The van der Waals surface area contributed by atoms with Gasteiger partial charge in [0.05, 0.1) is 11.9 Å². The number of nitrogens with one attached hydrogen (secondary N) is 1. The Hall–Kier alpha value is -3.78. The van der Waals surface area contributed by atoms with E-state index in [1.54, 1.807) is 36.4 Å². The maximum atomic E-state index is 12.8. The van der Waals surface area contributed by atoms with Crippen LogP contribution in [-0.4, -0.2) is 51.5 Å². The monoisotopic (exact) mass is 437 g/mol. The van der Waals surface area contributed by atoms with Crippen molar-refractivity contribution >= 4 is 23.3 Å². The number of likely N-dealkylation sites (tertiary alicyclic amines) is 1. The fourth-order valence-corrected chi connectivity index (χ4v) is 3.70. The molecule has 0 bridgehead atoms. The van der Waals surface area contributed by atoms with Gasteiger partial charge in [0.1, 0.15) is 0 Å². The number of aliphatic hydroxyl groups is 1. The Morgan fingerprint density at radius 3 is 2.44 bits per heavy atom. The van der Waals surface area contributed by atoms with Crippen molar-refractivity contribution in [2.45, 2.75) is 12.8 Å². The lowest BCUT2D eigenvalue weighted by atomic mass is 9.97. The van der Waals surface area contributed by atoms with E-state index in [1.807, 2.05) is 23.1 Å². The number of nitrogens with zero attached hydrogens (tertiary/aromatic N) is 3. The number of amides is 2. The normalized spacial score (nSPS) is 14.2. The highest BCUT2D eigenvalue weighted by Gasteiger charge is 2.23. The lowest BCUT2D eigenvalue weighted by molar-refractivity contribution is 0.0651. The first kappa shape index (κ1) is 21.5. The molecule has 0 aliphatic carbocycles. The van der Waals surface area contributed by atoms with Gasteiger partial charge >= 0.3 is 0 Å². The van der Waals surface area contributed by atoms with E-state index in [0.29, 0.717) is 30.0 Å². The molecule has 2 aromatic carbocycles. The third-order valence-corrected chi connectivity index (χ3v) is 5.64. The van der Waals surface area contributed by atoms with E-state index in [-0.39, 0.29) is 34.2 Å². The van der Waals surface area contributed by atoms with Crippen LogP contribution in [0.5, 0.6) is 0 Å². The zero-order valence-electron chi connectivity index (χ0n) is 17.6. The number of aliphatic hydroxyl groups excluding tert-OH is 1. The zero-order chi connectivity index (χ0) is 22.5. The molecule has 3 aromatic rings. The highest BCUT2D eigenvalue weighted by atomic mass is 16.3. The van der Waals surface area contributed by atoms with Crippen LogP contribution >= 0.6 is 0 Å². The van der Waals surface area contributed by atoms with E-state index in [9.17, 15) is 14.7 Å². The van der Waals surface area contributed by atoms with Gasteiger partial charge in [0.2, 0.25) is 0 Å². The van der Waals surface area contributed by atoms with Gasteiger partial charge in [-0.05, 0) is 43.0 Å². The van der Waals surface area contributed by atoms with Gasteiger partial charge in [0.15, 0.2) is 11.5 Å². The van der Waals surface area contributed by atoms with Crippen LogP contribution in [0.15, 0.2) is 60.8 Å². The molecule has 170 valence electrons. The number of hydrogen-bond donors (Lipinski definition) is 3. The van der Waals surface area contributed by atoms with Crippen molar-refractivity contribution in [1.82, 2.24) is 14.9 Å². The summed E-state index contributed by atoms with van der Waals surface area (Å²) in [5.74, 6) is -0.153. The topological polar surface area (TPSA) is 121 Å². The summed E-state index contributed by atoms with van der Waals surface area (Å²) in [6, 6.07) is 16.1. The number of aromatic nitrogens is 2. The Balaban J connectivity index is 0.00000204. The fraction of sp³-hybridized carbons (Fsp3) is 0.250. The summed E-state index contributed by atoms with van der Waals surface area (Å²) >= 11 is 0. The number of para-hydroxylation sites is 1. The van der Waals surface area contributed by atoms with Gasteiger partial charge in [0, 0.05) is 40.8 Å². The SMILES string of the molecule is Nc1ncc(-c2ccc(C(=O)N3CCC(CO)CC3)cc2)nc1C(=O)Nc1ccccc1.[HH].[HH].[HH]. The molecule has 0 saturated carbocycles. The number of benzene rings is 2. The molecular weight excluding hydrogens is 406 g/mol. The Bertz CT molecular complexity index is 1110. The minimum absolute atomic E-state index is 0. The van der Waals surface area contributed by atoms with Gasteiger partial charge < -0.3 is 21.1 Å². The molecule has 1 aliphatic heterocycles. The van der Waals surface area contributed by atoms with E-state index in [0.717, 1.165) is 18.4 Å². The maximum absolute atomic E-state index is 12.8. The van der Waals surface area contributed by atoms with Crippen molar-refractivity contribution in [3.05, 3.63) is 72.1 Å². The van der Waals surface area contributed by atoms with Gasteiger partial charge in [-0.15, -0.1) is 0 Å². The number of nitrogens with two attached hydrogens (primary N) is 1. The summed E-state index contributed by atoms with van der Waals surface area (Å²) in [5.41, 5.74) is 8.36. The van der Waals surface area contributed by atoms with E-state index in [2.05, 4.69) is 15.3 Å². The Morgan fingerprint density at radius 2 is 1.78 bits per heavy atom. The second-order valence-electron chi connectivity index (χ2n) is 7.80. The van der Waals surface area contributed by atoms with Crippen LogP contribution in [0.25, 0.3) is 11.3 Å². The molecule has 32 heavy (non-hydrogen) atoms. The number of carbonyl (C=O) groups is 2. The summed E-state index contributed by atoms with van der Waals surface area (Å²) in [7, 11) is 0. The molecule has 0 unspecified atom stereocenters. The quantitative estimate of drug-likeness (QED) is 0.561. The van der Waals surface area contributed by atoms with E-state index in [4.69, 9.17) is 5.73 Å². The number of nitrogen functional groups attached to an aromatic ring is 1. The van der Waals surface area contributed by atoms with Crippen molar-refractivity contribution in [2.24, 2.45) is 5.92 Å². The molecular formula is C24H31N5O3. The Morgan fingerprint density at radius 1 is 1.09 bits per heavy atom. The van der Waals surface area contributed by atoms with Crippen LogP contribution in [0, 0.1) is 5.92 Å². The summed E-state index contributed by atoms with van der Waals surface area (Å²) in [5, 5.41) is 12.0. The molecule has 1 aromatic heterocycles. The van der Waals surface area contributed by atoms with Crippen molar-refractivity contribution in [2.75, 3.05) is 30.7 Å². The predicted octanol–water partition coefficient (Wildman–Crippen LogP) is 3.56. The molecule has 0 atom stereocenters. The van der Waals surface area contributed by atoms with Crippen molar-refractivity contribution < 1.29 is 19.0 Å². The number of rotatable bonds is 5. The largest absolute Gasteiger partial charge is 0.396 e. The highest BCUT2D eigenvalue weighted by molar-refractivity contribution is 6.06. The second kappa shape index (κ2) is 9.57. The summed E-state index contributed by atoms with van der Waals surface area (Å²) in [6.45, 7) is 1.47. The Kier molecular flexibility index (Phi) is 6.42. The van der Waals surface area contributed by atoms with Crippen molar-refractivity contribution in [3.8, 4) is 11.3 Å². The minimum atomic E-state index is -0.443. The molecule has 4 N–H and O–H groups in total. The molecule has 2 amide bonds. The lowest BCUT2D eigenvalue weighted by Gasteiger charge is -2.31. The van der Waals surface area contributed by atoms with Gasteiger partial charge in [-0.2, -0.15) is 0 Å². The van der Waals surface area contributed by atoms with Crippen molar-refractivity contribution in [1.29, 1.82) is 0 Å². The van der Waals surface area contributed by atoms with Gasteiger partial charge in [-0.1, -0.05) is 30.3 Å². The smallest absolute Gasteiger partial charge is 0.278 e. The van der Waals surface area contributed by atoms with Crippen LogP contribution in [0.1, 0.15) is 38.0 Å². The van der Waals surface area contributed by atoms with E-state index in [1.165, 1.54) is 6.20 Å². The molecule has 8 nitrogen and oxygen atoms in total. The van der Waals surface area contributed by atoms with Crippen LogP contribution in [-0.2, 0) is 0 Å². The zero-order valence-corrected chi connectivity index (χ0v) is 17.6. The fourth-order valence-electron chi connectivity index (χ4n) is 3.70. The van der Waals surface area contributed by atoms with Crippen LogP contribution in [0.3, 0.4) is 0 Å². The van der Waals surface area contributed by atoms with Crippen LogP contribution in [0.4, 0.5) is 11.5 Å². The standard InChI is InChI=1S/C24H25N5O3.3H2/c25-22-21(23(31)27-19-4-2-1-3-5-19)28-20(14-26-22)17-6-8-18(9-7-17)24(32)29-12-10-16(15-30)11-13-29;;;/h1-9,14,16,30H,10-13,15H2,(H2,25,26)(H,27,31);3*1H. The summed E-state index contributed by atoms with van der Waals surface area (Å²) < 4.78 is 0. The first-order chi connectivity index (χ1) is 15.5. The van der Waals surface area contributed by atoms with Gasteiger partial charge in [0.25, 0.3) is 11.8 Å². The van der Waals surface area contributed by atoms with Crippen LogP contribution in [0.2, 0.25) is 0 Å². The predicted molar refractivity (Wildman–Crippen MR) is 128 cm³/mol. The second-order valence-corrected chi connectivity index (χ2v) is 7.80. The van der Waals surface area contributed by atoms with E-state index < -0.39 is 5.91 Å². The van der Waals surface area contributed by atoms with Crippen molar-refractivity contribution in [3.63, 3.8) is 0 Å². The molecule has 1 saturated heterocycles. The molecule has 0 radical (unpaired) electrons. The molecule has 1 fully saturated rings. The molecule has 1 aliphatic rings. The van der Waals surface area contributed by atoms with E-state index >= 15 is 0 Å². The maximum Gasteiger partial charge on any atom is 0.278 e. The molecule has 0 spiro atoms.